The van der Waals surface area contributed by atoms with Crippen LogP contribution in [0.15, 0.2) is 16.5 Å². The van der Waals surface area contributed by atoms with E-state index in [4.69, 9.17) is 20.8 Å². The molecule has 2 rings (SSSR count). The average Bonchev–Trinajstić information content (AvgIpc) is 2.72. The predicted octanol–water partition coefficient (Wildman–Crippen LogP) is 2.95. The van der Waals surface area contributed by atoms with Gasteiger partial charge in [-0.15, -0.1) is 0 Å². The van der Waals surface area contributed by atoms with Crippen LogP contribution >= 0.6 is 27.5 Å². The Morgan fingerprint density at radius 1 is 1.61 bits per heavy atom. The van der Waals surface area contributed by atoms with Crippen LogP contribution in [-0.2, 0) is 4.74 Å². The summed E-state index contributed by atoms with van der Waals surface area (Å²) in [6.45, 7) is 5.02. The van der Waals surface area contributed by atoms with Gasteiger partial charge in [0.25, 0.3) is 5.91 Å². The van der Waals surface area contributed by atoms with Crippen LogP contribution in [0.5, 0.6) is 0 Å². The number of ether oxygens (including phenoxy) is 1. The van der Waals surface area contributed by atoms with Gasteiger partial charge in [0.1, 0.15) is 0 Å². The normalized spacial score (nSPS) is 23.1. The number of morpholine rings is 1. The van der Waals surface area contributed by atoms with Crippen molar-refractivity contribution in [2.75, 3.05) is 18.4 Å². The lowest BCUT2D eigenvalue weighted by Crippen LogP contribution is -2.55. The molecule has 1 unspecified atom stereocenters. The van der Waals surface area contributed by atoms with Crippen LogP contribution in [0.2, 0.25) is 5.22 Å². The molecule has 6 heteroatoms. The largest absolute Gasteiger partial charge is 0.440 e. The maximum absolute atomic E-state index is 12.3. The van der Waals surface area contributed by atoms with Gasteiger partial charge in [-0.25, -0.2) is 0 Å². The van der Waals surface area contributed by atoms with Gasteiger partial charge in [0.05, 0.1) is 11.7 Å². The highest BCUT2D eigenvalue weighted by Gasteiger charge is 2.36. The van der Waals surface area contributed by atoms with Crippen LogP contribution in [0.25, 0.3) is 0 Å². The molecule has 1 fully saturated rings. The van der Waals surface area contributed by atoms with E-state index in [1.165, 1.54) is 0 Å². The van der Waals surface area contributed by atoms with Crippen molar-refractivity contribution < 1.29 is 13.9 Å². The first kappa shape index (κ1) is 13.9. The Balaban J connectivity index is 2.14. The summed E-state index contributed by atoms with van der Waals surface area (Å²) in [6.07, 6.45) is -0.0110. The lowest BCUT2D eigenvalue weighted by molar-refractivity contribution is -0.116. The maximum atomic E-state index is 12.3. The molecule has 0 saturated carbocycles. The minimum absolute atomic E-state index is 0.0110. The van der Waals surface area contributed by atoms with Crippen molar-refractivity contribution in [3.63, 3.8) is 0 Å². The maximum Gasteiger partial charge on any atom is 0.289 e. The minimum Gasteiger partial charge on any atom is -0.440 e. The number of furan rings is 1. The summed E-state index contributed by atoms with van der Waals surface area (Å²) in [5.41, 5.74) is -0.358. The molecule has 18 heavy (non-hydrogen) atoms. The van der Waals surface area contributed by atoms with Gasteiger partial charge in [-0.2, -0.15) is 0 Å². The lowest BCUT2D eigenvalue weighted by Gasteiger charge is -2.42. The van der Waals surface area contributed by atoms with E-state index in [9.17, 15) is 4.79 Å². The van der Waals surface area contributed by atoms with Crippen LogP contribution < -0.4 is 0 Å². The van der Waals surface area contributed by atoms with Gasteiger partial charge < -0.3 is 14.1 Å². The molecule has 0 bridgehead atoms. The van der Waals surface area contributed by atoms with Crippen molar-refractivity contribution in [3.05, 3.63) is 23.1 Å². The van der Waals surface area contributed by atoms with E-state index in [0.717, 1.165) is 0 Å². The summed E-state index contributed by atoms with van der Waals surface area (Å²) in [7, 11) is 0. The number of hydrogen-bond acceptors (Lipinski definition) is 3. The zero-order chi connectivity index (χ0) is 13.3. The van der Waals surface area contributed by atoms with E-state index in [0.29, 0.717) is 18.4 Å². The second-order valence-corrected chi connectivity index (χ2v) is 5.96. The van der Waals surface area contributed by atoms with Crippen LogP contribution in [-0.4, -0.2) is 40.9 Å². The molecule has 100 valence electrons. The van der Waals surface area contributed by atoms with Gasteiger partial charge in [-0.1, -0.05) is 15.9 Å². The highest BCUT2D eigenvalue weighted by atomic mass is 79.9. The first-order valence-corrected chi connectivity index (χ1v) is 7.19. The molecule has 4 nitrogen and oxygen atoms in total. The van der Waals surface area contributed by atoms with Gasteiger partial charge in [-0.3, -0.25) is 4.79 Å². The van der Waals surface area contributed by atoms with E-state index in [1.807, 2.05) is 13.8 Å². The minimum atomic E-state index is -0.358. The summed E-state index contributed by atoms with van der Waals surface area (Å²) < 4.78 is 11.0. The van der Waals surface area contributed by atoms with Crippen molar-refractivity contribution in [3.8, 4) is 0 Å². The molecule has 1 aliphatic heterocycles. The Morgan fingerprint density at radius 3 is 2.89 bits per heavy atom. The Bertz CT molecular complexity index is 446. The van der Waals surface area contributed by atoms with Crippen LogP contribution in [0.4, 0.5) is 0 Å². The number of carbonyl (C=O) groups is 1. The number of rotatable bonds is 2. The Kier molecular flexibility index (Phi) is 4.04. The summed E-state index contributed by atoms with van der Waals surface area (Å²) in [6, 6.07) is 3.17. The zero-order valence-electron chi connectivity index (χ0n) is 10.3. The summed E-state index contributed by atoms with van der Waals surface area (Å²) in [4.78, 5) is 14.0. The van der Waals surface area contributed by atoms with Gasteiger partial charge in [0.2, 0.25) is 0 Å². The SMILES string of the molecule is CC1(C)CN(C(=O)c2ccc(Cl)o2)CC(CBr)O1. The average molecular weight is 337 g/mol. The van der Waals surface area contributed by atoms with Gasteiger partial charge in [-0.05, 0) is 37.6 Å². The Hall–Kier alpha value is -0.520. The smallest absolute Gasteiger partial charge is 0.289 e. The number of nitrogens with zero attached hydrogens (tertiary/aromatic N) is 1. The molecule has 1 aromatic rings. The van der Waals surface area contributed by atoms with E-state index in [2.05, 4.69) is 15.9 Å². The second kappa shape index (κ2) is 5.23. The van der Waals surface area contributed by atoms with E-state index < -0.39 is 0 Å². The fraction of sp³-hybridized carbons (Fsp3) is 0.583. The molecule has 0 aromatic carbocycles. The standard InChI is InChI=1S/C12H15BrClNO3/c1-12(2)7-15(6-8(5-13)18-12)11(16)9-3-4-10(14)17-9/h3-4,8H,5-7H2,1-2H3. The van der Waals surface area contributed by atoms with Crippen molar-refractivity contribution in [1.29, 1.82) is 0 Å². The highest BCUT2D eigenvalue weighted by molar-refractivity contribution is 9.09. The molecule has 0 radical (unpaired) electrons. The van der Waals surface area contributed by atoms with E-state index in [-0.39, 0.29) is 28.6 Å². The van der Waals surface area contributed by atoms with Crippen LogP contribution in [0.1, 0.15) is 24.4 Å². The number of carbonyl (C=O) groups excluding carboxylic acids is 1. The Morgan fingerprint density at radius 2 is 2.33 bits per heavy atom. The third-order valence-corrected chi connectivity index (χ3v) is 3.65. The van der Waals surface area contributed by atoms with Crippen molar-refractivity contribution in [2.24, 2.45) is 0 Å². The molecular weight excluding hydrogens is 321 g/mol. The third-order valence-electron chi connectivity index (χ3n) is 2.72. The predicted molar refractivity (Wildman–Crippen MR) is 72.4 cm³/mol. The van der Waals surface area contributed by atoms with E-state index in [1.54, 1.807) is 17.0 Å². The Labute approximate surface area is 119 Å². The summed E-state index contributed by atoms with van der Waals surface area (Å²) in [5.74, 6) is 0.121. The lowest BCUT2D eigenvalue weighted by atomic mass is 10.1. The number of amides is 1. The second-order valence-electron chi connectivity index (χ2n) is 4.94. The summed E-state index contributed by atoms with van der Waals surface area (Å²) >= 11 is 9.08. The third kappa shape index (κ3) is 3.08. The number of alkyl halides is 1. The van der Waals surface area contributed by atoms with Gasteiger partial charge in [0.15, 0.2) is 11.0 Å². The zero-order valence-corrected chi connectivity index (χ0v) is 12.6. The quantitative estimate of drug-likeness (QED) is 0.780. The molecule has 1 atom stereocenters. The number of hydrogen-bond donors (Lipinski definition) is 0. The molecule has 1 saturated heterocycles. The summed E-state index contributed by atoms with van der Waals surface area (Å²) in [5, 5.41) is 0.918. The van der Waals surface area contributed by atoms with Gasteiger partial charge >= 0.3 is 0 Å². The number of halogens is 2. The molecular formula is C12H15BrClNO3. The first-order valence-electron chi connectivity index (χ1n) is 5.70. The fourth-order valence-corrected chi connectivity index (χ4v) is 2.60. The molecule has 0 spiro atoms. The van der Waals surface area contributed by atoms with E-state index >= 15 is 0 Å². The first-order chi connectivity index (χ1) is 8.41. The molecule has 0 N–H and O–H groups in total. The van der Waals surface area contributed by atoms with Crippen molar-refractivity contribution >= 4 is 33.4 Å². The molecule has 1 aliphatic rings. The molecule has 1 aromatic heterocycles. The topological polar surface area (TPSA) is 42.7 Å². The molecule has 2 heterocycles. The molecule has 0 aliphatic carbocycles. The van der Waals surface area contributed by atoms with Crippen LogP contribution in [0.3, 0.4) is 0 Å². The molecule has 1 amide bonds. The van der Waals surface area contributed by atoms with Crippen LogP contribution in [0, 0.1) is 0 Å². The van der Waals surface area contributed by atoms with Gasteiger partial charge in [0, 0.05) is 18.4 Å². The van der Waals surface area contributed by atoms with Crippen molar-refractivity contribution in [2.45, 2.75) is 25.6 Å². The monoisotopic (exact) mass is 335 g/mol. The fourth-order valence-electron chi connectivity index (χ4n) is 2.12. The highest BCUT2D eigenvalue weighted by Crippen LogP contribution is 2.24. The van der Waals surface area contributed by atoms with Crippen molar-refractivity contribution in [1.82, 2.24) is 4.90 Å².